The zero-order valence-corrected chi connectivity index (χ0v) is 19.9. The van der Waals surface area contributed by atoms with Crippen LogP contribution < -0.4 is 20.3 Å². The number of aromatic nitrogens is 2. The maximum Gasteiger partial charge on any atom is 0.266 e. The number of nitrogens with one attached hydrogen (secondary N) is 1. The van der Waals surface area contributed by atoms with Gasteiger partial charge in [-0.05, 0) is 31.2 Å². The molecule has 0 bridgehead atoms. The number of thioether (sulfide) groups is 1. The summed E-state index contributed by atoms with van der Waals surface area (Å²) in [5, 5.41) is 2.39. The summed E-state index contributed by atoms with van der Waals surface area (Å²) < 4.78 is 39.7. The predicted molar refractivity (Wildman–Crippen MR) is 131 cm³/mol. The van der Waals surface area contributed by atoms with E-state index in [0.29, 0.717) is 28.8 Å². The molecule has 7 nitrogen and oxygen atoms in total. The van der Waals surface area contributed by atoms with Gasteiger partial charge in [0.1, 0.15) is 23.1 Å². The summed E-state index contributed by atoms with van der Waals surface area (Å²) in [7, 11) is 3.00. The van der Waals surface area contributed by atoms with Crippen molar-refractivity contribution in [2.75, 3.05) is 19.5 Å². The standard InChI is InChI=1S/C25H21F2N3O4S/c1-14(23(31)28-16-11-17(33-2)13-18(12-16)34-3)35-25-29-21-7-5-4-6-19(21)24(32)30(25)22-9-8-15(26)10-20(22)27/h4-14H,1-3H3,(H,28,31). The molecule has 1 aromatic heterocycles. The van der Waals surface area contributed by atoms with Crippen LogP contribution in [0.5, 0.6) is 11.5 Å². The van der Waals surface area contributed by atoms with Crippen LogP contribution in [0.15, 0.2) is 70.6 Å². The molecule has 4 aromatic rings. The molecule has 0 saturated heterocycles. The highest BCUT2D eigenvalue weighted by Gasteiger charge is 2.22. The molecule has 35 heavy (non-hydrogen) atoms. The summed E-state index contributed by atoms with van der Waals surface area (Å²) in [6, 6.07) is 14.5. The van der Waals surface area contributed by atoms with Gasteiger partial charge in [-0.25, -0.2) is 13.8 Å². The van der Waals surface area contributed by atoms with Crippen LogP contribution in [0.4, 0.5) is 14.5 Å². The van der Waals surface area contributed by atoms with Crippen molar-refractivity contribution in [1.82, 2.24) is 9.55 Å². The molecule has 0 spiro atoms. The lowest BCUT2D eigenvalue weighted by molar-refractivity contribution is -0.115. The molecule has 0 aliphatic rings. The smallest absolute Gasteiger partial charge is 0.266 e. The van der Waals surface area contributed by atoms with Gasteiger partial charge in [-0.1, -0.05) is 23.9 Å². The molecule has 0 radical (unpaired) electrons. The van der Waals surface area contributed by atoms with E-state index < -0.39 is 22.4 Å². The third kappa shape index (κ3) is 5.12. The van der Waals surface area contributed by atoms with Crippen molar-refractivity contribution in [2.45, 2.75) is 17.3 Å². The van der Waals surface area contributed by atoms with E-state index in [0.717, 1.165) is 22.4 Å². The monoisotopic (exact) mass is 497 g/mol. The first-order valence-corrected chi connectivity index (χ1v) is 11.4. The summed E-state index contributed by atoms with van der Waals surface area (Å²) in [6.07, 6.45) is 0. The van der Waals surface area contributed by atoms with E-state index in [2.05, 4.69) is 10.3 Å². The zero-order valence-electron chi connectivity index (χ0n) is 19.0. The highest BCUT2D eigenvalue weighted by Crippen LogP contribution is 2.29. The molecule has 1 heterocycles. The second-order valence-electron chi connectivity index (χ2n) is 7.50. The predicted octanol–water partition coefficient (Wildman–Crippen LogP) is 4.80. The number of anilines is 1. The largest absolute Gasteiger partial charge is 0.497 e. The van der Waals surface area contributed by atoms with Gasteiger partial charge >= 0.3 is 0 Å². The maximum absolute atomic E-state index is 14.7. The van der Waals surface area contributed by atoms with E-state index in [1.807, 2.05) is 0 Å². The molecule has 0 fully saturated rings. The number of hydrogen-bond acceptors (Lipinski definition) is 6. The molecule has 1 amide bonds. The lowest BCUT2D eigenvalue weighted by atomic mass is 10.2. The van der Waals surface area contributed by atoms with Crippen LogP contribution in [0, 0.1) is 11.6 Å². The number of carbonyl (C=O) groups excluding carboxylic acids is 1. The molecule has 10 heteroatoms. The van der Waals surface area contributed by atoms with E-state index in [1.54, 1.807) is 49.4 Å². The minimum absolute atomic E-state index is 0.0880. The molecule has 1 N–H and O–H groups in total. The number of benzene rings is 3. The van der Waals surface area contributed by atoms with Crippen molar-refractivity contribution in [2.24, 2.45) is 0 Å². The normalized spacial score (nSPS) is 11.8. The average molecular weight is 498 g/mol. The Kier molecular flexibility index (Phi) is 7.02. The molecular weight excluding hydrogens is 476 g/mol. The van der Waals surface area contributed by atoms with E-state index in [4.69, 9.17) is 9.47 Å². The Bertz CT molecular complexity index is 1450. The average Bonchev–Trinajstić information content (AvgIpc) is 2.84. The number of carbonyl (C=O) groups is 1. The lowest BCUT2D eigenvalue weighted by Gasteiger charge is -2.17. The van der Waals surface area contributed by atoms with Gasteiger partial charge in [0.15, 0.2) is 5.16 Å². The third-order valence-corrected chi connectivity index (χ3v) is 6.22. The van der Waals surface area contributed by atoms with E-state index in [1.165, 1.54) is 20.3 Å². The summed E-state index contributed by atoms with van der Waals surface area (Å²) in [5.74, 6) is -1.09. The number of nitrogens with zero attached hydrogens (tertiary/aromatic N) is 2. The molecule has 0 aliphatic carbocycles. The van der Waals surface area contributed by atoms with Crippen LogP contribution in [-0.2, 0) is 4.79 Å². The Morgan fingerprint density at radius 1 is 1.03 bits per heavy atom. The number of fused-ring (bicyclic) bond motifs is 1. The highest BCUT2D eigenvalue weighted by atomic mass is 32.2. The fourth-order valence-corrected chi connectivity index (χ4v) is 4.32. The first kappa shape index (κ1) is 24.2. The summed E-state index contributed by atoms with van der Waals surface area (Å²) in [4.78, 5) is 30.8. The van der Waals surface area contributed by atoms with Gasteiger partial charge in [0.25, 0.3) is 5.56 Å². The van der Waals surface area contributed by atoms with Crippen molar-refractivity contribution in [3.05, 3.63) is 82.7 Å². The SMILES string of the molecule is COc1cc(NC(=O)C(C)Sc2nc3ccccc3c(=O)n2-c2ccc(F)cc2F)cc(OC)c1. The van der Waals surface area contributed by atoms with Crippen molar-refractivity contribution in [3.63, 3.8) is 0 Å². The number of para-hydroxylation sites is 1. The van der Waals surface area contributed by atoms with Crippen LogP contribution in [0.1, 0.15) is 6.92 Å². The fraction of sp³-hybridized carbons (Fsp3) is 0.160. The molecular formula is C25H21F2N3O4S. The topological polar surface area (TPSA) is 82.5 Å². The highest BCUT2D eigenvalue weighted by molar-refractivity contribution is 8.00. The number of halogens is 2. The summed E-state index contributed by atoms with van der Waals surface area (Å²) >= 11 is 0.971. The number of amides is 1. The van der Waals surface area contributed by atoms with Crippen LogP contribution in [0.2, 0.25) is 0 Å². The number of ether oxygens (including phenoxy) is 2. The van der Waals surface area contributed by atoms with Gasteiger partial charge in [-0.15, -0.1) is 0 Å². The Morgan fingerprint density at radius 2 is 1.71 bits per heavy atom. The van der Waals surface area contributed by atoms with Crippen LogP contribution in [-0.4, -0.2) is 34.9 Å². The first-order chi connectivity index (χ1) is 16.8. The van der Waals surface area contributed by atoms with Crippen LogP contribution in [0.25, 0.3) is 16.6 Å². The van der Waals surface area contributed by atoms with Gasteiger partial charge in [0.05, 0.1) is 36.1 Å². The van der Waals surface area contributed by atoms with Crippen LogP contribution in [0.3, 0.4) is 0 Å². The zero-order chi connectivity index (χ0) is 25.1. The molecule has 4 rings (SSSR count). The van der Waals surface area contributed by atoms with Gasteiger partial charge < -0.3 is 14.8 Å². The van der Waals surface area contributed by atoms with Crippen molar-refractivity contribution in [3.8, 4) is 17.2 Å². The Morgan fingerprint density at radius 3 is 2.37 bits per heavy atom. The minimum Gasteiger partial charge on any atom is -0.497 e. The molecule has 3 aromatic carbocycles. The fourth-order valence-electron chi connectivity index (χ4n) is 3.40. The number of rotatable bonds is 7. The maximum atomic E-state index is 14.7. The molecule has 0 saturated carbocycles. The summed E-state index contributed by atoms with van der Waals surface area (Å²) in [6.45, 7) is 1.63. The van der Waals surface area contributed by atoms with E-state index in [9.17, 15) is 18.4 Å². The van der Waals surface area contributed by atoms with E-state index >= 15 is 0 Å². The van der Waals surface area contributed by atoms with Crippen LogP contribution >= 0.6 is 11.8 Å². The molecule has 180 valence electrons. The second-order valence-corrected chi connectivity index (χ2v) is 8.81. The minimum atomic E-state index is -0.924. The van der Waals surface area contributed by atoms with Gasteiger partial charge in [0.2, 0.25) is 5.91 Å². The van der Waals surface area contributed by atoms with Crippen molar-refractivity contribution < 1.29 is 23.0 Å². The third-order valence-electron chi connectivity index (χ3n) is 5.17. The summed E-state index contributed by atoms with van der Waals surface area (Å²) in [5.41, 5.74) is 0.145. The second kappa shape index (κ2) is 10.1. The Hall–Kier alpha value is -3.92. The Balaban J connectivity index is 1.71. The molecule has 0 aliphatic heterocycles. The van der Waals surface area contributed by atoms with E-state index in [-0.39, 0.29) is 22.1 Å². The van der Waals surface area contributed by atoms with Gasteiger partial charge in [-0.2, -0.15) is 0 Å². The molecule has 1 unspecified atom stereocenters. The Labute approximate surface area is 203 Å². The van der Waals surface area contributed by atoms with Gasteiger partial charge in [-0.3, -0.25) is 14.2 Å². The quantitative estimate of drug-likeness (QED) is 0.292. The van der Waals surface area contributed by atoms with Gasteiger partial charge in [0, 0.05) is 30.0 Å². The number of methoxy groups -OCH3 is 2. The first-order valence-electron chi connectivity index (χ1n) is 10.5. The lowest BCUT2D eigenvalue weighted by Crippen LogP contribution is -2.26. The van der Waals surface area contributed by atoms with Crippen molar-refractivity contribution >= 4 is 34.3 Å². The van der Waals surface area contributed by atoms with Crippen molar-refractivity contribution in [1.29, 1.82) is 0 Å². The number of hydrogen-bond donors (Lipinski definition) is 1. The molecule has 1 atom stereocenters.